The van der Waals surface area contributed by atoms with Gasteiger partial charge in [-0.05, 0) is 43.5 Å². The van der Waals surface area contributed by atoms with E-state index >= 15 is 0 Å². The van der Waals surface area contributed by atoms with E-state index in [9.17, 15) is 8.78 Å². The van der Waals surface area contributed by atoms with Crippen LogP contribution in [-0.2, 0) is 0 Å². The molecule has 0 saturated heterocycles. The van der Waals surface area contributed by atoms with Crippen LogP contribution in [0.4, 0.5) is 8.78 Å². The molecule has 0 aliphatic carbocycles. The molecule has 2 heterocycles. The van der Waals surface area contributed by atoms with E-state index in [0.29, 0.717) is 11.6 Å². The third kappa shape index (κ3) is 4.62. The van der Waals surface area contributed by atoms with Gasteiger partial charge >= 0.3 is 0 Å². The second kappa shape index (κ2) is 8.19. The Balaban J connectivity index is 1.93. The van der Waals surface area contributed by atoms with Crippen LogP contribution in [0.5, 0.6) is 5.75 Å². The maximum absolute atomic E-state index is 13.7. The molecule has 148 valence electrons. The summed E-state index contributed by atoms with van der Waals surface area (Å²) in [6, 6.07) is 12.6. The molecule has 1 aromatic carbocycles. The summed E-state index contributed by atoms with van der Waals surface area (Å²) in [4.78, 5) is 8.52. The van der Waals surface area contributed by atoms with Gasteiger partial charge in [-0.25, -0.2) is 13.8 Å². The van der Waals surface area contributed by atoms with Crippen LogP contribution in [0.25, 0.3) is 22.2 Å². The van der Waals surface area contributed by atoms with Crippen molar-refractivity contribution in [2.45, 2.75) is 39.2 Å². The first kappa shape index (κ1) is 20.1. The number of nitrogens with zero attached hydrogens (tertiary/aromatic N) is 2. The van der Waals surface area contributed by atoms with Crippen molar-refractivity contribution in [2.75, 3.05) is 6.61 Å². The summed E-state index contributed by atoms with van der Waals surface area (Å²) in [5, 5.41) is 0.859. The summed E-state index contributed by atoms with van der Waals surface area (Å²) in [6.07, 6.45) is -0.375. The summed E-state index contributed by atoms with van der Waals surface area (Å²) in [6.45, 7) is 6.13. The molecule has 1 atom stereocenters. The van der Waals surface area contributed by atoms with Crippen molar-refractivity contribution < 1.29 is 13.5 Å². The van der Waals surface area contributed by atoms with E-state index in [-0.39, 0.29) is 18.1 Å². The highest BCUT2D eigenvalue weighted by molar-refractivity contribution is 5.93. The number of fused-ring (bicyclic) bond motifs is 1. The number of hydrogen-bond acceptors (Lipinski definition) is 4. The quantitative estimate of drug-likeness (QED) is 0.593. The molecule has 3 rings (SSSR count). The minimum absolute atomic E-state index is 0.0672. The Morgan fingerprint density at radius 3 is 2.57 bits per heavy atom. The van der Waals surface area contributed by atoms with E-state index in [1.165, 1.54) is 0 Å². The normalized spacial score (nSPS) is 13.9. The van der Waals surface area contributed by atoms with Crippen LogP contribution in [0.15, 0.2) is 48.7 Å². The van der Waals surface area contributed by atoms with E-state index in [0.717, 1.165) is 22.9 Å². The number of rotatable bonds is 7. The number of benzene rings is 1. The summed E-state index contributed by atoms with van der Waals surface area (Å²) < 4.78 is 33.0. The SMILES string of the molecule is CC(C)CC(C)(N)COc1ccc(-c2ccnc3ccccc23)nc1C(F)F. The summed E-state index contributed by atoms with van der Waals surface area (Å²) in [5.41, 5.74) is 7.25. The molecule has 0 aliphatic rings. The zero-order valence-corrected chi connectivity index (χ0v) is 16.3. The lowest BCUT2D eigenvalue weighted by Crippen LogP contribution is -2.43. The zero-order chi connectivity index (χ0) is 20.3. The van der Waals surface area contributed by atoms with Crippen LogP contribution >= 0.6 is 0 Å². The van der Waals surface area contributed by atoms with Crippen molar-refractivity contribution in [1.29, 1.82) is 0 Å². The monoisotopic (exact) mass is 385 g/mol. The van der Waals surface area contributed by atoms with Gasteiger partial charge in [-0.2, -0.15) is 0 Å². The molecular formula is C22H25F2N3O. The fourth-order valence-corrected chi connectivity index (χ4v) is 3.44. The Bertz CT molecular complexity index is 952. The first-order chi connectivity index (χ1) is 13.3. The molecule has 0 aliphatic heterocycles. The van der Waals surface area contributed by atoms with Gasteiger partial charge in [0.05, 0.1) is 11.2 Å². The average Bonchev–Trinajstić information content (AvgIpc) is 2.65. The number of para-hydroxylation sites is 1. The number of hydrogen-bond donors (Lipinski definition) is 1. The van der Waals surface area contributed by atoms with Gasteiger partial charge in [-0.3, -0.25) is 4.98 Å². The standard InChI is InChI=1S/C22H25F2N3O/c1-14(2)12-22(3,25)13-28-19-9-8-18(27-20(19)21(23)24)16-10-11-26-17-7-5-4-6-15(16)17/h4-11,14,21H,12-13,25H2,1-3H3. The summed E-state index contributed by atoms with van der Waals surface area (Å²) in [5.74, 6) is 0.450. The molecule has 0 amide bonds. The van der Waals surface area contributed by atoms with Crippen LogP contribution in [-0.4, -0.2) is 22.1 Å². The maximum Gasteiger partial charge on any atom is 0.284 e. The molecule has 28 heavy (non-hydrogen) atoms. The number of halogens is 2. The Morgan fingerprint density at radius 1 is 1.11 bits per heavy atom. The Morgan fingerprint density at radius 2 is 1.86 bits per heavy atom. The molecule has 0 radical (unpaired) electrons. The van der Waals surface area contributed by atoms with Crippen molar-refractivity contribution in [1.82, 2.24) is 9.97 Å². The first-order valence-corrected chi connectivity index (χ1v) is 9.32. The van der Waals surface area contributed by atoms with Crippen molar-refractivity contribution in [3.8, 4) is 17.0 Å². The molecule has 0 fully saturated rings. The van der Waals surface area contributed by atoms with E-state index in [4.69, 9.17) is 10.5 Å². The van der Waals surface area contributed by atoms with E-state index in [1.807, 2.05) is 31.2 Å². The second-order valence-electron chi connectivity index (χ2n) is 7.80. The van der Waals surface area contributed by atoms with Crippen molar-refractivity contribution >= 4 is 10.9 Å². The predicted octanol–water partition coefficient (Wildman–Crippen LogP) is 5.38. The summed E-state index contributed by atoms with van der Waals surface area (Å²) >= 11 is 0. The number of alkyl halides is 2. The Hall–Kier alpha value is -2.60. The van der Waals surface area contributed by atoms with Crippen molar-refractivity contribution in [2.24, 2.45) is 11.7 Å². The smallest absolute Gasteiger partial charge is 0.284 e. The fraction of sp³-hybridized carbons (Fsp3) is 0.364. The molecule has 3 aromatic rings. The van der Waals surface area contributed by atoms with Crippen LogP contribution in [0.2, 0.25) is 0 Å². The first-order valence-electron chi connectivity index (χ1n) is 9.32. The van der Waals surface area contributed by atoms with Gasteiger partial charge < -0.3 is 10.5 Å². The Kier molecular flexibility index (Phi) is 5.89. The molecule has 0 spiro atoms. The molecular weight excluding hydrogens is 360 g/mol. The summed E-state index contributed by atoms with van der Waals surface area (Å²) in [7, 11) is 0. The Labute approximate surface area is 163 Å². The van der Waals surface area contributed by atoms with Gasteiger partial charge in [-0.15, -0.1) is 0 Å². The van der Waals surface area contributed by atoms with Gasteiger partial charge in [0.25, 0.3) is 6.43 Å². The largest absolute Gasteiger partial charge is 0.490 e. The topological polar surface area (TPSA) is 61.0 Å². The van der Waals surface area contributed by atoms with Crippen LogP contribution < -0.4 is 10.5 Å². The minimum Gasteiger partial charge on any atom is -0.490 e. The molecule has 0 bridgehead atoms. The maximum atomic E-state index is 13.7. The lowest BCUT2D eigenvalue weighted by Gasteiger charge is -2.27. The molecule has 2 N–H and O–H groups in total. The van der Waals surface area contributed by atoms with E-state index < -0.39 is 12.0 Å². The highest BCUT2D eigenvalue weighted by Gasteiger charge is 2.24. The number of nitrogens with two attached hydrogens (primary N) is 1. The van der Waals surface area contributed by atoms with Crippen LogP contribution in [0, 0.1) is 5.92 Å². The molecule has 2 aromatic heterocycles. The van der Waals surface area contributed by atoms with Gasteiger partial charge in [0.2, 0.25) is 0 Å². The van der Waals surface area contributed by atoms with Gasteiger partial charge in [0.1, 0.15) is 18.1 Å². The number of pyridine rings is 2. The third-order valence-corrected chi connectivity index (χ3v) is 4.45. The fourth-order valence-electron chi connectivity index (χ4n) is 3.44. The number of ether oxygens (including phenoxy) is 1. The van der Waals surface area contributed by atoms with Gasteiger partial charge in [0.15, 0.2) is 0 Å². The minimum atomic E-state index is -2.75. The molecule has 0 saturated carbocycles. The highest BCUT2D eigenvalue weighted by atomic mass is 19.3. The molecule has 4 nitrogen and oxygen atoms in total. The van der Waals surface area contributed by atoms with Crippen molar-refractivity contribution in [3.05, 3.63) is 54.4 Å². The predicted molar refractivity (Wildman–Crippen MR) is 107 cm³/mol. The third-order valence-electron chi connectivity index (χ3n) is 4.45. The lowest BCUT2D eigenvalue weighted by atomic mass is 9.93. The van der Waals surface area contributed by atoms with E-state index in [1.54, 1.807) is 24.4 Å². The highest BCUT2D eigenvalue weighted by Crippen LogP contribution is 2.33. The lowest BCUT2D eigenvalue weighted by molar-refractivity contribution is 0.134. The number of aromatic nitrogens is 2. The van der Waals surface area contributed by atoms with Gasteiger partial charge in [-0.1, -0.05) is 32.0 Å². The molecule has 1 unspecified atom stereocenters. The van der Waals surface area contributed by atoms with Crippen LogP contribution in [0.1, 0.15) is 39.3 Å². The second-order valence-corrected chi connectivity index (χ2v) is 7.80. The van der Waals surface area contributed by atoms with Gasteiger partial charge in [0, 0.05) is 22.7 Å². The molecule has 6 heteroatoms. The average molecular weight is 385 g/mol. The zero-order valence-electron chi connectivity index (χ0n) is 16.3. The van der Waals surface area contributed by atoms with E-state index in [2.05, 4.69) is 23.8 Å². The van der Waals surface area contributed by atoms with Crippen LogP contribution in [0.3, 0.4) is 0 Å². The van der Waals surface area contributed by atoms with Crippen molar-refractivity contribution in [3.63, 3.8) is 0 Å².